The summed E-state index contributed by atoms with van der Waals surface area (Å²) < 4.78 is 51.8. The molecule has 0 aromatic heterocycles. The minimum Gasteiger partial charge on any atom is -0.403 e. The van der Waals surface area contributed by atoms with Crippen LogP contribution in [0.25, 0.3) is 0 Å². The van der Waals surface area contributed by atoms with E-state index in [9.17, 15) is 17.6 Å². The molecule has 2 N–H and O–H groups in total. The topological polar surface area (TPSA) is 59.0 Å². The molecule has 1 atom stereocenters. The third kappa shape index (κ3) is 3.10. The van der Waals surface area contributed by atoms with Gasteiger partial charge in [0.15, 0.2) is 11.6 Å². The minimum absolute atomic E-state index is 0.0783. The van der Waals surface area contributed by atoms with Gasteiger partial charge in [0, 0.05) is 0 Å². The van der Waals surface area contributed by atoms with E-state index in [0.29, 0.717) is 0 Å². The predicted molar refractivity (Wildman–Crippen MR) is 45.6 cm³/mol. The van der Waals surface area contributed by atoms with Gasteiger partial charge in [-0.15, -0.1) is 13.2 Å². The first-order chi connectivity index (χ1) is 7.33. The van der Waals surface area contributed by atoms with Crippen LogP contribution in [0, 0.1) is 17.1 Å². The van der Waals surface area contributed by atoms with Crippen molar-refractivity contribution in [3.8, 4) is 11.8 Å². The number of hydrogen-bond acceptors (Lipinski definition) is 3. The smallest absolute Gasteiger partial charge is 0.403 e. The van der Waals surface area contributed by atoms with Crippen molar-refractivity contribution in [2.24, 2.45) is 5.73 Å². The Morgan fingerprint density at radius 2 is 2.00 bits per heavy atom. The number of hydrogen-bond donors (Lipinski definition) is 1. The van der Waals surface area contributed by atoms with Gasteiger partial charge in [0.1, 0.15) is 6.04 Å². The van der Waals surface area contributed by atoms with Crippen LogP contribution in [0.5, 0.6) is 5.75 Å². The van der Waals surface area contributed by atoms with Crippen LogP contribution >= 0.6 is 0 Å². The summed E-state index contributed by atoms with van der Waals surface area (Å²) in [6.45, 7) is 0. The van der Waals surface area contributed by atoms with Crippen LogP contribution in [0.15, 0.2) is 18.2 Å². The molecule has 0 unspecified atom stereocenters. The van der Waals surface area contributed by atoms with Crippen molar-refractivity contribution in [2.75, 3.05) is 0 Å². The molecule has 0 saturated carbocycles. The SMILES string of the molecule is N#C[C@@H](N)c1ccc(OC(F)(F)F)c(F)c1. The molecule has 16 heavy (non-hydrogen) atoms. The summed E-state index contributed by atoms with van der Waals surface area (Å²) in [5.74, 6) is -2.18. The van der Waals surface area contributed by atoms with Crippen LogP contribution < -0.4 is 10.5 Å². The minimum atomic E-state index is -4.96. The van der Waals surface area contributed by atoms with E-state index in [0.717, 1.165) is 18.2 Å². The van der Waals surface area contributed by atoms with Crippen molar-refractivity contribution >= 4 is 0 Å². The van der Waals surface area contributed by atoms with E-state index in [-0.39, 0.29) is 5.56 Å². The van der Waals surface area contributed by atoms with Gasteiger partial charge in [0.25, 0.3) is 0 Å². The van der Waals surface area contributed by atoms with Crippen molar-refractivity contribution in [1.29, 1.82) is 5.26 Å². The Balaban J connectivity index is 2.97. The molecule has 0 amide bonds. The fourth-order valence-corrected chi connectivity index (χ4v) is 0.993. The first kappa shape index (κ1) is 12.3. The van der Waals surface area contributed by atoms with Crippen LogP contribution in [0.2, 0.25) is 0 Å². The maximum absolute atomic E-state index is 13.1. The number of benzene rings is 1. The number of alkyl halides is 3. The molecule has 0 saturated heterocycles. The molecule has 1 rings (SSSR count). The molecule has 0 aliphatic rings. The van der Waals surface area contributed by atoms with Gasteiger partial charge < -0.3 is 10.5 Å². The number of ether oxygens (including phenoxy) is 1. The molecular formula is C9H6F4N2O. The van der Waals surface area contributed by atoms with E-state index in [4.69, 9.17) is 11.0 Å². The summed E-state index contributed by atoms with van der Waals surface area (Å²) in [4.78, 5) is 0. The molecule has 0 aliphatic heterocycles. The first-order valence-corrected chi connectivity index (χ1v) is 4.04. The van der Waals surface area contributed by atoms with E-state index in [1.54, 1.807) is 6.07 Å². The third-order valence-corrected chi connectivity index (χ3v) is 1.68. The molecule has 3 nitrogen and oxygen atoms in total. The molecular weight excluding hydrogens is 228 g/mol. The molecule has 86 valence electrons. The van der Waals surface area contributed by atoms with E-state index in [1.165, 1.54) is 0 Å². The van der Waals surface area contributed by atoms with E-state index in [1.807, 2.05) is 0 Å². The second-order valence-corrected chi connectivity index (χ2v) is 2.84. The molecule has 0 heterocycles. The quantitative estimate of drug-likeness (QED) is 0.798. The van der Waals surface area contributed by atoms with Gasteiger partial charge in [0.05, 0.1) is 6.07 Å². The highest BCUT2D eigenvalue weighted by atomic mass is 19.4. The average molecular weight is 234 g/mol. The summed E-state index contributed by atoms with van der Waals surface area (Å²) in [5, 5.41) is 8.43. The van der Waals surface area contributed by atoms with Crippen LogP contribution in [-0.2, 0) is 0 Å². The average Bonchev–Trinajstić information content (AvgIpc) is 2.18. The van der Waals surface area contributed by atoms with Crippen molar-refractivity contribution in [2.45, 2.75) is 12.4 Å². The highest BCUT2D eigenvalue weighted by Gasteiger charge is 2.32. The zero-order chi connectivity index (χ0) is 12.3. The number of nitrogens with zero attached hydrogens (tertiary/aromatic N) is 1. The van der Waals surface area contributed by atoms with Gasteiger partial charge in [-0.2, -0.15) is 5.26 Å². The molecule has 0 radical (unpaired) electrons. The third-order valence-electron chi connectivity index (χ3n) is 1.68. The molecule has 0 fully saturated rings. The van der Waals surface area contributed by atoms with Gasteiger partial charge in [0.2, 0.25) is 0 Å². The monoisotopic (exact) mass is 234 g/mol. The maximum Gasteiger partial charge on any atom is 0.573 e. The fraction of sp³-hybridized carbons (Fsp3) is 0.222. The van der Waals surface area contributed by atoms with Gasteiger partial charge >= 0.3 is 6.36 Å². The second-order valence-electron chi connectivity index (χ2n) is 2.84. The summed E-state index contributed by atoms with van der Waals surface area (Å²) >= 11 is 0. The first-order valence-electron chi connectivity index (χ1n) is 4.04. The number of rotatable bonds is 2. The predicted octanol–water partition coefficient (Wildman–Crippen LogP) is 2.25. The van der Waals surface area contributed by atoms with Crippen LogP contribution in [0.4, 0.5) is 17.6 Å². The second kappa shape index (κ2) is 4.37. The largest absolute Gasteiger partial charge is 0.573 e. The highest BCUT2D eigenvalue weighted by Crippen LogP contribution is 2.27. The summed E-state index contributed by atoms with van der Waals surface area (Å²) in [7, 11) is 0. The molecule has 0 aliphatic carbocycles. The standard InChI is InChI=1S/C9H6F4N2O/c10-6-3-5(7(15)4-14)1-2-8(6)16-9(11,12)13/h1-3,7H,15H2/t7-/m1/s1. The normalized spacial score (nSPS) is 13.0. The lowest BCUT2D eigenvalue weighted by atomic mass is 10.1. The Kier molecular flexibility index (Phi) is 3.34. The van der Waals surface area contributed by atoms with Crippen molar-refractivity contribution in [1.82, 2.24) is 0 Å². The van der Waals surface area contributed by atoms with Crippen LogP contribution in [0.3, 0.4) is 0 Å². The van der Waals surface area contributed by atoms with Crippen molar-refractivity contribution in [3.63, 3.8) is 0 Å². The lowest BCUT2D eigenvalue weighted by Crippen LogP contribution is -2.18. The molecule has 7 heteroatoms. The Bertz CT molecular complexity index is 424. The van der Waals surface area contributed by atoms with E-state index in [2.05, 4.69) is 4.74 Å². The highest BCUT2D eigenvalue weighted by molar-refractivity contribution is 5.33. The lowest BCUT2D eigenvalue weighted by Gasteiger charge is -2.10. The van der Waals surface area contributed by atoms with Gasteiger partial charge in [-0.3, -0.25) is 0 Å². The fourth-order valence-electron chi connectivity index (χ4n) is 0.993. The van der Waals surface area contributed by atoms with E-state index >= 15 is 0 Å². The van der Waals surface area contributed by atoms with Crippen LogP contribution in [-0.4, -0.2) is 6.36 Å². The Labute approximate surface area is 88.0 Å². The Hall–Kier alpha value is -1.81. The molecule has 1 aromatic rings. The molecule has 0 bridgehead atoms. The molecule has 0 spiro atoms. The van der Waals surface area contributed by atoms with E-state index < -0.39 is 24.0 Å². The molecule has 1 aromatic carbocycles. The Morgan fingerprint density at radius 3 is 2.44 bits per heavy atom. The van der Waals surface area contributed by atoms with Gasteiger partial charge in [-0.05, 0) is 17.7 Å². The number of halogens is 4. The maximum atomic E-state index is 13.1. The van der Waals surface area contributed by atoms with Gasteiger partial charge in [-0.25, -0.2) is 4.39 Å². The summed E-state index contributed by atoms with van der Waals surface area (Å²) in [6, 6.07) is 3.14. The lowest BCUT2D eigenvalue weighted by molar-refractivity contribution is -0.275. The van der Waals surface area contributed by atoms with Crippen LogP contribution in [0.1, 0.15) is 11.6 Å². The number of nitrogens with two attached hydrogens (primary N) is 1. The van der Waals surface area contributed by atoms with Crippen molar-refractivity contribution in [3.05, 3.63) is 29.6 Å². The zero-order valence-electron chi connectivity index (χ0n) is 7.75. The summed E-state index contributed by atoms with van der Waals surface area (Å²) in [6.07, 6.45) is -4.96. The summed E-state index contributed by atoms with van der Waals surface area (Å²) in [5.41, 5.74) is 5.33. The van der Waals surface area contributed by atoms with Crippen molar-refractivity contribution < 1.29 is 22.3 Å². The Morgan fingerprint density at radius 1 is 1.38 bits per heavy atom. The zero-order valence-corrected chi connectivity index (χ0v) is 7.75. The van der Waals surface area contributed by atoms with Gasteiger partial charge in [-0.1, -0.05) is 6.07 Å². The number of nitriles is 1.